The van der Waals surface area contributed by atoms with E-state index >= 15 is 0 Å². The Morgan fingerprint density at radius 2 is 1.31 bits per heavy atom. The molecular formula is C24H34O7S. The van der Waals surface area contributed by atoms with Crippen molar-refractivity contribution >= 4 is 22.1 Å². The highest BCUT2D eigenvalue weighted by Gasteiger charge is 2.23. The molecule has 0 fully saturated rings. The minimum absolute atomic E-state index is 0.0931. The van der Waals surface area contributed by atoms with Crippen LogP contribution in [0.4, 0.5) is 0 Å². The number of esters is 2. The lowest BCUT2D eigenvalue weighted by atomic mass is 10.1. The summed E-state index contributed by atoms with van der Waals surface area (Å²) in [6, 6.07) is 3.16. The molecule has 0 atom stereocenters. The van der Waals surface area contributed by atoms with Crippen LogP contribution >= 0.6 is 0 Å². The molecule has 0 saturated carbocycles. The zero-order valence-corrected chi connectivity index (χ0v) is 19.7. The molecule has 7 nitrogen and oxygen atoms in total. The van der Waals surface area contributed by atoms with Crippen LogP contribution in [-0.4, -0.2) is 38.1 Å². The average Bonchev–Trinajstić information content (AvgIpc) is 2.76. The van der Waals surface area contributed by atoms with E-state index in [1.54, 1.807) is 0 Å². The summed E-state index contributed by atoms with van der Waals surface area (Å²) in [7, 11) is -4.54. The van der Waals surface area contributed by atoms with Crippen molar-refractivity contribution in [2.24, 2.45) is 0 Å². The highest BCUT2D eigenvalue weighted by atomic mass is 32.2. The van der Waals surface area contributed by atoms with Gasteiger partial charge in [-0.15, -0.1) is 0 Å². The molecule has 0 bridgehead atoms. The van der Waals surface area contributed by atoms with Crippen LogP contribution in [0.15, 0.2) is 47.4 Å². The molecule has 1 rings (SSSR count). The predicted octanol–water partition coefficient (Wildman–Crippen LogP) is 5.52. The number of hydrogen-bond acceptors (Lipinski definition) is 6. The van der Waals surface area contributed by atoms with Crippen LogP contribution < -0.4 is 0 Å². The second-order valence-corrected chi connectivity index (χ2v) is 8.71. The van der Waals surface area contributed by atoms with E-state index in [0.717, 1.165) is 56.7 Å². The van der Waals surface area contributed by atoms with Gasteiger partial charge < -0.3 is 9.47 Å². The standard InChI is InChI=1S/C24H34O7S/c1-3-5-7-9-11-13-17-30-23(25)21-16-15-20(32(27,28)29)19-22(21)24(26)31-18-14-12-10-8-6-4-2/h3-6,15-16,19H,7-14,17-18H2,1-2H3,(H,27,28,29)/b5-3+,6-4+. The fourth-order valence-corrected chi connectivity index (χ4v) is 3.44. The molecule has 178 valence electrons. The molecule has 1 N–H and O–H groups in total. The normalized spacial score (nSPS) is 11.8. The minimum atomic E-state index is -4.54. The summed E-state index contributed by atoms with van der Waals surface area (Å²) in [5, 5.41) is 0. The first-order valence-corrected chi connectivity index (χ1v) is 12.4. The molecule has 0 unspecified atom stereocenters. The van der Waals surface area contributed by atoms with Gasteiger partial charge in [0.1, 0.15) is 0 Å². The molecule has 0 aromatic heterocycles. The summed E-state index contributed by atoms with van der Waals surface area (Å²) in [6.07, 6.45) is 15.0. The molecule has 0 saturated heterocycles. The topological polar surface area (TPSA) is 107 Å². The Morgan fingerprint density at radius 3 is 1.78 bits per heavy atom. The Bertz CT molecular complexity index is 886. The van der Waals surface area contributed by atoms with Gasteiger partial charge in [0, 0.05) is 0 Å². The van der Waals surface area contributed by atoms with Crippen molar-refractivity contribution in [1.82, 2.24) is 0 Å². The quantitative estimate of drug-likeness (QED) is 0.157. The van der Waals surface area contributed by atoms with E-state index in [4.69, 9.17) is 9.47 Å². The van der Waals surface area contributed by atoms with Crippen molar-refractivity contribution in [3.05, 3.63) is 53.6 Å². The summed E-state index contributed by atoms with van der Waals surface area (Å²) >= 11 is 0. The second-order valence-electron chi connectivity index (χ2n) is 7.29. The molecule has 1 aromatic carbocycles. The second kappa shape index (κ2) is 15.4. The third-order valence-electron chi connectivity index (χ3n) is 4.70. The van der Waals surface area contributed by atoms with Crippen LogP contribution in [0.3, 0.4) is 0 Å². The summed E-state index contributed by atoms with van der Waals surface area (Å²) in [4.78, 5) is 24.5. The smallest absolute Gasteiger partial charge is 0.339 e. The molecule has 0 amide bonds. The van der Waals surface area contributed by atoms with E-state index in [9.17, 15) is 22.6 Å². The van der Waals surface area contributed by atoms with Crippen molar-refractivity contribution in [3.8, 4) is 0 Å². The lowest BCUT2D eigenvalue weighted by Crippen LogP contribution is -2.16. The van der Waals surface area contributed by atoms with E-state index in [0.29, 0.717) is 12.8 Å². The molecule has 0 spiro atoms. The monoisotopic (exact) mass is 466 g/mol. The fraction of sp³-hybridized carbons (Fsp3) is 0.500. The molecule has 0 radical (unpaired) electrons. The van der Waals surface area contributed by atoms with Crippen molar-refractivity contribution in [2.75, 3.05) is 13.2 Å². The van der Waals surface area contributed by atoms with Crippen molar-refractivity contribution in [1.29, 1.82) is 0 Å². The molecule has 0 aliphatic heterocycles. The third-order valence-corrected chi connectivity index (χ3v) is 5.55. The largest absolute Gasteiger partial charge is 0.462 e. The van der Waals surface area contributed by atoms with Gasteiger partial charge in [-0.1, -0.05) is 24.3 Å². The van der Waals surface area contributed by atoms with Crippen LogP contribution in [0.25, 0.3) is 0 Å². The lowest BCUT2D eigenvalue weighted by molar-refractivity contribution is 0.0450. The zero-order chi connectivity index (χ0) is 23.8. The maximum atomic E-state index is 12.5. The Labute approximate surface area is 191 Å². The number of rotatable bonds is 15. The molecule has 8 heteroatoms. The van der Waals surface area contributed by atoms with Crippen LogP contribution in [-0.2, 0) is 19.6 Å². The minimum Gasteiger partial charge on any atom is -0.462 e. The number of carbonyl (C=O) groups is 2. The highest BCUT2D eigenvalue weighted by molar-refractivity contribution is 7.85. The summed E-state index contributed by atoms with van der Waals surface area (Å²) in [6.45, 7) is 4.25. The van der Waals surface area contributed by atoms with Gasteiger partial charge in [-0.2, -0.15) is 8.42 Å². The summed E-state index contributed by atoms with van der Waals surface area (Å²) in [5.41, 5.74) is -0.337. The Morgan fingerprint density at radius 1 is 0.812 bits per heavy atom. The van der Waals surface area contributed by atoms with Gasteiger partial charge in [0.25, 0.3) is 10.1 Å². The number of carbonyl (C=O) groups excluding carboxylic acids is 2. The number of hydrogen-bond donors (Lipinski definition) is 1. The third kappa shape index (κ3) is 10.7. The number of allylic oxidation sites excluding steroid dienone is 4. The van der Waals surface area contributed by atoms with Crippen molar-refractivity contribution < 1.29 is 32.0 Å². The lowest BCUT2D eigenvalue weighted by Gasteiger charge is -2.11. The van der Waals surface area contributed by atoms with Gasteiger partial charge in [0.2, 0.25) is 0 Å². The maximum absolute atomic E-state index is 12.5. The van der Waals surface area contributed by atoms with Crippen LogP contribution in [0, 0.1) is 0 Å². The van der Waals surface area contributed by atoms with E-state index in [-0.39, 0.29) is 24.3 Å². The number of ether oxygens (including phenoxy) is 2. The first-order valence-electron chi connectivity index (χ1n) is 11.0. The van der Waals surface area contributed by atoms with Crippen molar-refractivity contribution in [2.45, 2.75) is 70.1 Å². The van der Waals surface area contributed by atoms with Gasteiger partial charge in [0.05, 0.1) is 29.2 Å². The van der Waals surface area contributed by atoms with Crippen molar-refractivity contribution in [3.63, 3.8) is 0 Å². The van der Waals surface area contributed by atoms with E-state index in [1.165, 1.54) is 0 Å². The Kier molecular flexibility index (Phi) is 13.2. The Hall–Kier alpha value is -2.45. The first-order chi connectivity index (χ1) is 15.3. The molecule has 1 aromatic rings. The molecule has 0 aliphatic carbocycles. The van der Waals surface area contributed by atoms with Crippen LogP contribution in [0.2, 0.25) is 0 Å². The molecular weight excluding hydrogens is 432 g/mol. The maximum Gasteiger partial charge on any atom is 0.339 e. The fourth-order valence-electron chi connectivity index (χ4n) is 2.93. The van der Waals surface area contributed by atoms with Gasteiger partial charge in [-0.05, 0) is 83.4 Å². The van der Waals surface area contributed by atoms with Gasteiger partial charge in [0.15, 0.2) is 0 Å². The van der Waals surface area contributed by atoms with Crippen LogP contribution in [0.1, 0.15) is 85.9 Å². The van der Waals surface area contributed by atoms with E-state index in [1.807, 2.05) is 26.0 Å². The molecule has 0 heterocycles. The first kappa shape index (κ1) is 27.6. The van der Waals surface area contributed by atoms with Gasteiger partial charge in [-0.25, -0.2) is 9.59 Å². The van der Waals surface area contributed by atoms with Gasteiger partial charge >= 0.3 is 11.9 Å². The number of unbranched alkanes of at least 4 members (excludes halogenated alkanes) is 6. The SMILES string of the molecule is C/C=C/CCCCCOC(=O)c1ccc(S(=O)(=O)O)cc1C(=O)OCCCCC/C=C/C. The number of benzene rings is 1. The highest BCUT2D eigenvalue weighted by Crippen LogP contribution is 2.19. The van der Waals surface area contributed by atoms with E-state index < -0.39 is 27.0 Å². The van der Waals surface area contributed by atoms with Gasteiger partial charge in [-0.3, -0.25) is 4.55 Å². The Balaban J connectivity index is 2.75. The molecule has 0 aliphatic rings. The summed E-state index contributed by atoms with van der Waals surface area (Å²) in [5.74, 6) is -1.57. The molecule has 32 heavy (non-hydrogen) atoms. The predicted molar refractivity (Wildman–Crippen MR) is 123 cm³/mol. The zero-order valence-electron chi connectivity index (χ0n) is 18.9. The summed E-state index contributed by atoms with van der Waals surface area (Å²) < 4.78 is 42.7. The average molecular weight is 467 g/mol. The van der Waals surface area contributed by atoms with E-state index in [2.05, 4.69) is 12.2 Å². The van der Waals surface area contributed by atoms with Crippen LogP contribution in [0.5, 0.6) is 0 Å².